The smallest absolute Gasteiger partial charge is 0.346 e. The number of rotatable bonds is 9. The van der Waals surface area contributed by atoms with Gasteiger partial charge in [-0.25, -0.2) is 9.78 Å². The Morgan fingerprint density at radius 2 is 1.64 bits per heavy atom. The fraction of sp³-hybridized carbons (Fsp3) is 0.486. The summed E-state index contributed by atoms with van der Waals surface area (Å²) in [5, 5.41) is 14.2. The summed E-state index contributed by atoms with van der Waals surface area (Å²) in [7, 11) is 3.28. The van der Waals surface area contributed by atoms with Crippen LogP contribution in [0, 0.1) is 28.1 Å². The van der Waals surface area contributed by atoms with E-state index in [0.29, 0.717) is 34.7 Å². The van der Waals surface area contributed by atoms with Gasteiger partial charge in [0.15, 0.2) is 11.0 Å². The van der Waals surface area contributed by atoms with E-state index in [1.807, 2.05) is 51.1 Å². The van der Waals surface area contributed by atoms with Crippen molar-refractivity contribution in [3.05, 3.63) is 66.0 Å². The molecule has 1 heterocycles. The second-order valence-corrected chi connectivity index (χ2v) is 14.4. The largest absolute Gasteiger partial charge is 0.465 e. The number of nitrogens with zero attached hydrogens (tertiary/aromatic N) is 5. The van der Waals surface area contributed by atoms with Gasteiger partial charge in [-0.3, -0.25) is 9.59 Å². The first-order chi connectivity index (χ1) is 21.9. The number of para-hydroxylation sites is 1. The standard InChI is InChI=1S/C22H23NO3.C13H22N4O3S/c1-21(2)19(22(21,3)4)20(24)26-18(14-23)15-9-8-12-17(13-15)25-16-10-6-5-7-11-16;1-7-20-9(18)8-21-11-14-10(13(2,3)4)15-17(11)12(19)16(5)6/h5-13,18-19H,1-4H3;7-8H2,1-6H3. The van der Waals surface area contributed by atoms with Gasteiger partial charge in [-0.15, -0.1) is 5.10 Å². The zero-order valence-corrected chi connectivity index (χ0v) is 29.7. The van der Waals surface area contributed by atoms with Crippen molar-refractivity contribution in [2.75, 3.05) is 26.5 Å². The molecule has 0 spiro atoms. The SMILES string of the molecule is CC1(C)C(C(=O)OC(C#N)c2cccc(Oc3ccccc3)c2)C1(C)C.CCOC(=O)CSc1nc(C(C)(C)C)nn1C(=O)N(C)C. The Morgan fingerprint density at radius 1 is 1.02 bits per heavy atom. The third-order valence-electron chi connectivity index (χ3n) is 8.18. The quantitative estimate of drug-likeness (QED) is 0.173. The normalized spacial score (nSPS) is 15.3. The predicted molar refractivity (Wildman–Crippen MR) is 179 cm³/mol. The van der Waals surface area contributed by atoms with Gasteiger partial charge in [-0.1, -0.05) is 90.6 Å². The van der Waals surface area contributed by atoms with Crippen molar-refractivity contribution < 1.29 is 28.6 Å². The van der Waals surface area contributed by atoms with Gasteiger partial charge in [0.25, 0.3) is 0 Å². The maximum atomic E-state index is 12.6. The van der Waals surface area contributed by atoms with E-state index in [1.54, 1.807) is 45.3 Å². The van der Waals surface area contributed by atoms with E-state index < -0.39 is 6.10 Å². The van der Waals surface area contributed by atoms with Crippen molar-refractivity contribution >= 4 is 29.7 Å². The van der Waals surface area contributed by atoms with E-state index in [9.17, 15) is 19.6 Å². The van der Waals surface area contributed by atoms with Crippen molar-refractivity contribution in [2.45, 2.75) is 72.1 Å². The first kappa shape index (κ1) is 37.1. The van der Waals surface area contributed by atoms with E-state index in [2.05, 4.69) is 43.8 Å². The predicted octanol–water partition coefficient (Wildman–Crippen LogP) is 7.03. The number of ether oxygens (including phenoxy) is 3. The van der Waals surface area contributed by atoms with E-state index >= 15 is 0 Å². The molecule has 0 N–H and O–H groups in total. The summed E-state index contributed by atoms with van der Waals surface area (Å²) < 4.78 is 17.4. The Kier molecular flexibility index (Phi) is 11.9. The summed E-state index contributed by atoms with van der Waals surface area (Å²) in [5.41, 5.74) is 0.0764. The van der Waals surface area contributed by atoms with Gasteiger partial charge in [0, 0.05) is 25.1 Å². The molecule has 4 rings (SSSR count). The molecular weight excluding hydrogens is 618 g/mol. The third-order valence-corrected chi connectivity index (χ3v) is 9.09. The summed E-state index contributed by atoms with van der Waals surface area (Å²) in [6.07, 6.45) is -0.950. The van der Waals surface area contributed by atoms with Crippen LogP contribution in [0.25, 0.3) is 0 Å². The van der Waals surface area contributed by atoms with Crippen molar-refractivity contribution in [1.29, 1.82) is 5.26 Å². The molecule has 0 aliphatic heterocycles. The minimum atomic E-state index is -0.950. The van der Waals surface area contributed by atoms with Crippen molar-refractivity contribution in [2.24, 2.45) is 16.7 Å². The van der Waals surface area contributed by atoms with Crippen molar-refractivity contribution in [1.82, 2.24) is 19.7 Å². The molecule has 1 amide bonds. The lowest BCUT2D eigenvalue weighted by molar-refractivity contribution is -0.150. The maximum absolute atomic E-state index is 12.6. The van der Waals surface area contributed by atoms with Gasteiger partial charge in [-0.2, -0.15) is 9.94 Å². The highest BCUT2D eigenvalue weighted by molar-refractivity contribution is 7.99. The van der Waals surface area contributed by atoms with Crippen LogP contribution in [0.2, 0.25) is 0 Å². The molecule has 3 aromatic rings. The molecule has 0 bridgehead atoms. The molecule has 0 saturated heterocycles. The lowest BCUT2D eigenvalue weighted by Gasteiger charge is -2.14. The lowest BCUT2D eigenvalue weighted by Crippen LogP contribution is -2.29. The van der Waals surface area contributed by atoms with E-state index in [0.717, 1.165) is 11.8 Å². The van der Waals surface area contributed by atoms with Gasteiger partial charge in [0.05, 0.1) is 18.3 Å². The van der Waals surface area contributed by atoms with Crippen LogP contribution in [0.4, 0.5) is 4.79 Å². The zero-order valence-electron chi connectivity index (χ0n) is 28.9. The molecule has 1 saturated carbocycles. The fourth-order valence-electron chi connectivity index (χ4n) is 4.85. The van der Waals surface area contributed by atoms with Crippen LogP contribution in [0.3, 0.4) is 0 Å². The topological polar surface area (TPSA) is 137 Å². The molecule has 1 fully saturated rings. The average molecular weight is 664 g/mol. The molecule has 11 nitrogen and oxygen atoms in total. The lowest BCUT2D eigenvalue weighted by atomic mass is 9.96. The molecule has 1 aromatic heterocycles. The van der Waals surface area contributed by atoms with Crippen LogP contribution in [0.1, 0.15) is 72.9 Å². The van der Waals surface area contributed by atoms with Crippen LogP contribution >= 0.6 is 11.8 Å². The molecule has 2 aromatic carbocycles. The zero-order chi connectivity index (χ0) is 35.2. The van der Waals surface area contributed by atoms with Gasteiger partial charge in [0.2, 0.25) is 6.10 Å². The van der Waals surface area contributed by atoms with Crippen LogP contribution in [-0.2, 0) is 24.5 Å². The molecular formula is C35H45N5O6S. The second kappa shape index (κ2) is 15.0. The number of benzene rings is 2. The number of esters is 2. The maximum Gasteiger partial charge on any atom is 0.346 e. The summed E-state index contributed by atoms with van der Waals surface area (Å²) in [4.78, 5) is 41.9. The first-order valence-electron chi connectivity index (χ1n) is 15.3. The summed E-state index contributed by atoms with van der Waals surface area (Å²) in [6.45, 7) is 16.2. The van der Waals surface area contributed by atoms with Crippen LogP contribution in [0.15, 0.2) is 59.8 Å². The first-order valence-corrected chi connectivity index (χ1v) is 16.3. The average Bonchev–Trinajstić information content (AvgIpc) is 3.26. The van der Waals surface area contributed by atoms with E-state index in [-0.39, 0.29) is 45.9 Å². The third kappa shape index (κ3) is 9.13. The summed E-state index contributed by atoms with van der Waals surface area (Å²) in [5.74, 6) is 1.09. The van der Waals surface area contributed by atoms with E-state index in [4.69, 9.17) is 14.2 Å². The number of hydrogen-bond donors (Lipinski definition) is 0. The Bertz CT molecular complexity index is 1590. The molecule has 12 heteroatoms. The van der Waals surface area contributed by atoms with Gasteiger partial charge in [0.1, 0.15) is 17.6 Å². The number of amides is 1. The highest BCUT2D eigenvalue weighted by Crippen LogP contribution is 2.68. The number of nitriles is 1. The van der Waals surface area contributed by atoms with Crippen LogP contribution in [0.5, 0.6) is 11.5 Å². The molecule has 0 radical (unpaired) electrons. The van der Waals surface area contributed by atoms with Gasteiger partial charge in [-0.05, 0) is 42.0 Å². The van der Waals surface area contributed by atoms with E-state index in [1.165, 1.54) is 9.58 Å². The molecule has 1 unspecified atom stereocenters. The number of aromatic nitrogens is 3. The molecule has 1 aliphatic rings. The second-order valence-electron chi connectivity index (χ2n) is 13.5. The van der Waals surface area contributed by atoms with Gasteiger partial charge < -0.3 is 19.1 Å². The van der Waals surface area contributed by atoms with Crippen LogP contribution in [-0.4, -0.2) is 64.1 Å². The Labute approximate surface area is 281 Å². The number of hydrogen-bond acceptors (Lipinski definition) is 10. The molecule has 1 aliphatic carbocycles. The van der Waals surface area contributed by atoms with Crippen molar-refractivity contribution in [3.63, 3.8) is 0 Å². The number of thioether (sulfide) groups is 1. The molecule has 1 atom stereocenters. The number of carbonyl (C=O) groups excluding carboxylic acids is 3. The minimum absolute atomic E-state index is 0.0941. The Balaban J connectivity index is 0.000000262. The van der Waals surface area contributed by atoms with Crippen molar-refractivity contribution in [3.8, 4) is 17.6 Å². The van der Waals surface area contributed by atoms with Crippen LogP contribution < -0.4 is 4.74 Å². The number of carbonyl (C=O) groups is 3. The molecule has 47 heavy (non-hydrogen) atoms. The molecule has 252 valence electrons. The monoisotopic (exact) mass is 663 g/mol. The Morgan fingerprint density at radius 3 is 2.17 bits per heavy atom. The highest BCUT2D eigenvalue weighted by Gasteiger charge is 2.69. The Hall–Kier alpha value is -4.37. The highest BCUT2D eigenvalue weighted by atomic mass is 32.2. The van der Waals surface area contributed by atoms with Gasteiger partial charge >= 0.3 is 18.0 Å². The summed E-state index contributed by atoms with van der Waals surface area (Å²) in [6, 6.07) is 18.3. The fourth-order valence-corrected chi connectivity index (χ4v) is 5.58. The summed E-state index contributed by atoms with van der Waals surface area (Å²) >= 11 is 1.15. The minimum Gasteiger partial charge on any atom is -0.465 e.